The standard InChI is InChI=1S/C12H12ClN5O2/c1-2-18-10-8(11(19)17-12(18)20)15-9(16-10)6-3-4-7(13)14-5-6/h3-5,12,20H,2H2,1H3,(H,15,16)(H,17,19). The van der Waals surface area contributed by atoms with Crippen LogP contribution >= 0.6 is 11.6 Å². The van der Waals surface area contributed by atoms with Crippen LogP contribution in [0, 0.1) is 0 Å². The number of aliphatic hydroxyl groups excluding tert-OH is 1. The van der Waals surface area contributed by atoms with E-state index in [0.29, 0.717) is 34.6 Å². The van der Waals surface area contributed by atoms with Gasteiger partial charge in [-0.15, -0.1) is 0 Å². The molecule has 104 valence electrons. The molecule has 1 aliphatic rings. The Labute approximate surface area is 119 Å². The second-order valence-electron chi connectivity index (χ2n) is 4.29. The number of rotatable bonds is 2. The molecule has 2 aromatic heterocycles. The number of anilines is 1. The number of nitrogens with one attached hydrogen (secondary N) is 2. The van der Waals surface area contributed by atoms with Gasteiger partial charge in [0.25, 0.3) is 5.91 Å². The number of carbonyl (C=O) groups is 1. The Morgan fingerprint density at radius 3 is 2.95 bits per heavy atom. The molecule has 1 unspecified atom stereocenters. The summed E-state index contributed by atoms with van der Waals surface area (Å²) in [5.74, 6) is 0.536. The number of amides is 1. The van der Waals surface area contributed by atoms with Crippen LogP contribution in [0.3, 0.4) is 0 Å². The van der Waals surface area contributed by atoms with Gasteiger partial charge in [0.15, 0.2) is 5.82 Å². The average Bonchev–Trinajstić information content (AvgIpc) is 2.85. The van der Waals surface area contributed by atoms with Crippen molar-refractivity contribution in [3.63, 3.8) is 0 Å². The summed E-state index contributed by atoms with van der Waals surface area (Å²) in [6, 6.07) is 3.40. The molecule has 20 heavy (non-hydrogen) atoms. The monoisotopic (exact) mass is 293 g/mol. The highest BCUT2D eigenvalue weighted by Gasteiger charge is 2.32. The van der Waals surface area contributed by atoms with Gasteiger partial charge in [-0.3, -0.25) is 4.79 Å². The lowest BCUT2D eigenvalue weighted by molar-refractivity contribution is 0.0740. The predicted molar refractivity (Wildman–Crippen MR) is 73.3 cm³/mol. The molecular formula is C12H12ClN5O2. The summed E-state index contributed by atoms with van der Waals surface area (Å²) in [4.78, 5) is 24.7. The van der Waals surface area contributed by atoms with Crippen LogP contribution in [0.4, 0.5) is 5.82 Å². The van der Waals surface area contributed by atoms with Crippen molar-refractivity contribution in [3.05, 3.63) is 29.2 Å². The van der Waals surface area contributed by atoms with E-state index in [4.69, 9.17) is 11.6 Å². The maximum absolute atomic E-state index is 11.9. The van der Waals surface area contributed by atoms with Crippen molar-refractivity contribution < 1.29 is 9.90 Å². The average molecular weight is 294 g/mol. The van der Waals surface area contributed by atoms with Crippen LogP contribution in [0.25, 0.3) is 11.4 Å². The Morgan fingerprint density at radius 1 is 1.50 bits per heavy atom. The third-order valence-electron chi connectivity index (χ3n) is 3.08. The molecule has 0 aromatic carbocycles. The topological polar surface area (TPSA) is 94.1 Å². The number of imidazole rings is 1. The highest BCUT2D eigenvalue weighted by Crippen LogP contribution is 2.27. The smallest absolute Gasteiger partial charge is 0.275 e. The quantitative estimate of drug-likeness (QED) is 0.717. The zero-order valence-electron chi connectivity index (χ0n) is 10.6. The Bertz CT molecular complexity index is 654. The zero-order valence-corrected chi connectivity index (χ0v) is 11.3. The first-order chi connectivity index (χ1) is 9.60. The van der Waals surface area contributed by atoms with Crippen molar-refractivity contribution in [2.24, 2.45) is 0 Å². The van der Waals surface area contributed by atoms with E-state index in [0.717, 1.165) is 0 Å². The van der Waals surface area contributed by atoms with E-state index in [9.17, 15) is 9.90 Å². The van der Waals surface area contributed by atoms with Crippen LogP contribution in [-0.2, 0) is 0 Å². The number of aromatic amines is 1. The zero-order chi connectivity index (χ0) is 14.3. The van der Waals surface area contributed by atoms with Crippen molar-refractivity contribution in [2.45, 2.75) is 13.3 Å². The van der Waals surface area contributed by atoms with E-state index in [1.54, 1.807) is 23.2 Å². The van der Waals surface area contributed by atoms with Gasteiger partial charge >= 0.3 is 0 Å². The van der Waals surface area contributed by atoms with E-state index >= 15 is 0 Å². The molecule has 7 nitrogen and oxygen atoms in total. The van der Waals surface area contributed by atoms with Crippen LogP contribution in [0.2, 0.25) is 5.15 Å². The molecule has 0 spiro atoms. The minimum atomic E-state index is -1.07. The summed E-state index contributed by atoms with van der Waals surface area (Å²) in [6.07, 6.45) is 0.497. The van der Waals surface area contributed by atoms with Crippen LogP contribution in [0.1, 0.15) is 17.4 Å². The number of H-pyrrole nitrogens is 1. The van der Waals surface area contributed by atoms with E-state index in [2.05, 4.69) is 20.3 Å². The van der Waals surface area contributed by atoms with Gasteiger partial charge in [-0.25, -0.2) is 9.97 Å². The van der Waals surface area contributed by atoms with E-state index in [-0.39, 0.29) is 0 Å². The Kier molecular flexibility index (Phi) is 3.07. The normalized spacial score (nSPS) is 17.9. The van der Waals surface area contributed by atoms with Crippen LogP contribution < -0.4 is 10.2 Å². The molecule has 3 heterocycles. The number of aromatic nitrogens is 3. The van der Waals surface area contributed by atoms with E-state index in [1.165, 1.54) is 0 Å². The fraction of sp³-hybridized carbons (Fsp3) is 0.250. The molecule has 3 rings (SSSR count). The van der Waals surface area contributed by atoms with Crippen molar-refractivity contribution in [1.29, 1.82) is 0 Å². The minimum Gasteiger partial charge on any atom is -0.356 e. The van der Waals surface area contributed by atoms with Gasteiger partial charge in [0, 0.05) is 18.3 Å². The molecule has 0 radical (unpaired) electrons. The molecule has 0 saturated heterocycles. The minimum absolute atomic E-state index is 0.321. The van der Waals surface area contributed by atoms with E-state index in [1.807, 2.05) is 6.92 Å². The number of hydrogen-bond acceptors (Lipinski definition) is 5. The molecule has 0 saturated carbocycles. The van der Waals surface area contributed by atoms with Gasteiger partial charge in [-0.1, -0.05) is 11.6 Å². The van der Waals surface area contributed by atoms with Crippen molar-refractivity contribution in [3.8, 4) is 11.4 Å². The molecule has 3 N–H and O–H groups in total. The van der Waals surface area contributed by atoms with Crippen molar-refractivity contribution >= 4 is 23.3 Å². The van der Waals surface area contributed by atoms with Crippen molar-refractivity contribution in [2.75, 3.05) is 11.4 Å². The van der Waals surface area contributed by atoms with Gasteiger partial charge in [0.05, 0.1) is 0 Å². The molecule has 1 amide bonds. The third kappa shape index (κ3) is 2.00. The maximum atomic E-state index is 11.9. The Balaban J connectivity index is 2.07. The van der Waals surface area contributed by atoms with Gasteiger partial charge in [-0.2, -0.15) is 0 Å². The number of fused-ring (bicyclic) bond motifs is 1. The molecule has 2 aromatic rings. The Morgan fingerprint density at radius 2 is 2.30 bits per heavy atom. The first kappa shape index (κ1) is 12.9. The largest absolute Gasteiger partial charge is 0.356 e. The van der Waals surface area contributed by atoms with Crippen molar-refractivity contribution in [1.82, 2.24) is 20.3 Å². The first-order valence-electron chi connectivity index (χ1n) is 6.07. The number of carbonyl (C=O) groups excluding carboxylic acids is 1. The SMILES string of the molecule is CCN1c2nc(-c3ccc(Cl)nc3)[nH]c2C(=O)NC1O. The summed E-state index contributed by atoms with van der Waals surface area (Å²) in [6.45, 7) is 2.38. The molecule has 1 aliphatic heterocycles. The van der Waals surface area contributed by atoms with Crippen LogP contribution in [0.5, 0.6) is 0 Å². The molecule has 0 bridgehead atoms. The molecule has 0 fully saturated rings. The lowest BCUT2D eigenvalue weighted by atomic mass is 10.3. The summed E-state index contributed by atoms with van der Waals surface area (Å²) in [5.41, 5.74) is 1.03. The van der Waals surface area contributed by atoms with Gasteiger partial charge in [0.1, 0.15) is 16.7 Å². The number of hydrogen-bond donors (Lipinski definition) is 3. The third-order valence-corrected chi connectivity index (χ3v) is 3.30. The highest BCUT2D eigenvalue weighted by atomic mass is 35.5. The number of aliphatic hydroxyl groups is 1. The van der Waals surface area contributed by atoms with Gasteiger partial charge in [0.2, 0.25) is 6.35 Å². The highest BCUT2D eigenvalue weighted by molar-refractivity contribution is 6.29. The Hall–Kier alpha value is -2.12. The first-order valence-corrected chi connectivity index (χ1v) is 6.45. The fourth-order valence-corrected chi connectivity index (χ4v) is 2.20. The fourth-order valence-electron chi connectivity index (χ4n) is 2.09. The number of halogens is 1. The summed E-state index contributed by atoms with van der Waals surface area (Å²) >= 11 is 5.74. The lowest BCUT2D eigenvalue weighted by Gasteiger charge is -2.31. The summed E-state index contributed by atoms with van der Waals surface area (Å²) in [5, 5.41) is 12.6. The number of nitrogens with zero attached hydrogens (tertiary/aromatic N) is 3. The molecule has 0 aliphatic carbocycles. The lowest BCUT2D eigenvalue weighted by Crippen LogP contribution is -2.52. The summed E-state index contributed by atoms with van der Waals surface area (Å²) < 4.78 is 0. The van der Waals surface area contributed by atoms with E-state index < -0.39 is 12.3 Å². The van der Waals surface area contributed by atoms with Gasteiger partial charge in [-0.05, 0) is 19.1 Å². The van der Waals surface area contributed by atoms with Crippen LogP contribution in [0.15, 0.2) is 18.3 Å². The second kappa shape index (κ2) is 4.77. The van der Waals surface area contributed by atoms with Gasteiger partial charge < -0.3 is 20.3 Å². The maximum Gasteiger partial charge on any atom is 0.275 e. The second-order valence-corrected chi connectivity index (χ2v) is 4.67. The predicted octanol–water partition coefficient (Wildman–Crippen LogP) is 0.971. The molecule has 8 heteroatoms. The number of pyridine rings is 1. The molecular weight excluding hydrogens is 282 g/mol. The molecule has 1 atom stereocenters. The van der Waals surface area contributed by atoms with Crippen LogP contribution in [-0.4, -0.2) is 38.9 Å². The summed E-state index contributed by atoms with van der Waals surface area (Å²) in [7, 11) is 0.